The van der Waals surface area contributed by atoms with Crippen molar-refractivity contribution in [3.8, 4) is 17.6 Å². The van der Waals surface area contributed by atoms with Gasteiger partial charge in [0, 0.05) is 29.5 Å². The summed E-state index contributed by atoms with van der Waals surface area (Å²) < 4.78 is 6.20. The van der Waals surface area contributed by atoms with Gasteiger partial charge in [0.1, 0.15) is 17.6 Å². The maximum absolute atomic E-state index is 13.4. The summed E-state index contributed by atoms with van der Waals surface area (Å²) in [6.07, 6.45) is 3.13. The lowest BCUT2D eigenvalue weighted by Gasteiger charge is -2.46. The van der Waals surface area contributed by atoms with E-state index in [1.54, 1.807) is 12.1 Å². The Hall–Kier alpha value is -3.42. The molecule has 3 aromatic rings. The average Bonchev–Trinajstić information content (AvgIpc) is 2.79. The predicted octanol–water partition coefficient (Wildman–Crippen LogP) is 7.07. The second-order valence-electron chi connectivity index (χ2n) is 11.0. The van der Waals surface area contributed by atoms with E-state index in [9.17, 15) is 10.1 Å². The van der Waals surface area contributed by atoms with Crippen LogP contribution in [0, 0.1) is 17.2 Å². The molecule has 0 spiro atoms. The molecule has 1 N–H and O–H groups in total. The number of piperidine rings is 1. The number of ether oxygens (including phenoxy) is 1. The standard InChI is InChI=1S/C31H34N2O2/c1-30(2)19-23(20-31(3,4)33-30)17-27(34)24-14-15-29(35-28-13-9-8-12-25(28)21-32)26(18-24)16-22-10-6-5-7-11-22/h5-15,18,23,33H,16-17,19-20H2,1-4H3. The Morgan fingerprint density at radius 2 is 1.60 bits per heavy atom. The van der Waals surface area contributed by atoms with E-state index in [-0.39, 0.29) is 16.9 Å². The van der Waals surface area contributed by atoms with E-state index in [4.69, 9.17) is 4.74 Å². The first-order valence-corrected chi connectivity index (χ1v) is 12.3. The summed E-state index contributed by atoms with van der Waals surface area (Å²) in [7, 11) is 0. The molecule has 4 nitrogen and oxygen atoms in total. The van der Waals surface area contributed by atoms with Gasteiger partial charge in [0.05, 0.1) is 5.56 Å². The molecule has 3 aromatic carbocycles. The Balaban J connectivity index is 1.61. The van der Waals surface area contributed by atoms with Crippen molar-refractivity contribution in [2.75, 3.05) is 0 Å². The molecule has 0 atom stereocenters. The van der Waals surface area contributed by atoms with Crippen molar-refractivity contribution in [1.29, 1.82) is 5.26 Å². The summed E-state index contributed by atoms with van der Waals surface area (Å²) in [6, 6.07) is 25.3. The third-order valence-corrected chi connectivity index (χ3v) is 6.60. The van der Waals surface area contributed by atoms with Crippen LogP contribution in [0.5, 0.6) is 11.5 Å². The number of para-hydroxylation sites is 1. The van der Waals surface area contributed by atoms with E-state index in [1.807, 2.05) is 48.5 Å². The van der Waals surface area contributed by atoms with Crippen molar-refractivity contribution >= 4 is 5.78 Å². The van der Waals surface area contributed by atoms with Gasteiger partial charge in [-0.3, -0.25) is 4.79 Å². The number of ketones is 1. The minimum Gasteiger partial charge on any atom is -0.456 e. The molecular formula is C31H34N2O2. The SMILES string of the molecule is CC1(C)CC(CC(=O)c2ccc(Oc3ccccc3C#N)c(Cc3ccccc3)c2)CC(C)(C)N1. The monoisotopic (exact) mass is 466 g/mol. The number of benzene rings is 3. The van der Waals surface area contributed by atoms with Crippen LogP contribution in [0.2, 0.25) is 0 Å². The van der Waals surface area contributed by atoms with Gasteiger partial charge >= 0.3 is 0 Å². The lowest BCUT2D eigenvalue weighted by molar-refractivity contribution is 0.0864. The zero-order valence-electron chi connectivity index (χ0n) is 21.1. The number of nitriles is 1. The van der Waals surface area contributed by atoms with E-state index < -0.39 is 0 Å². The number of Topliss-reactive ketones (excluding diaryl/α,β-unsaturated/α-hetero) is 1. The van der Waals surface area contributed by atoms with Crippen LogP contribution < -0.4 is 10.1 Å². The molecule has 0 unspecified atom stereocenters. The Kier molecular flexibility index (Phi) is 7.10. The van der Waals surface area contributed by atoms with Crippen LogP contribution in [0.1, 0.15) is 74.0 Å². The highest BCUT2D eigenvalue weighted by atomic mass is 16.5. The number of rotatable bonds is 7. The summed E-state index contributed by atoms with van der Waals surface area (Å²) >= 11 is 0. The number of nitrogens with zero attached hydrogens (tertiary/aromatic N) is 1. The largest absolute Gasteiger partial charge is 0.456 e. The molecular weight excluding hydrogens is 432 g/mol. The molecule has 0 aromatic heterocycles. The van der Waals surface area contributed by atoms with E-state index >= 15 is 0 Å². The van der Waals surface area contributed by atoms with E-state index in [2.05, 4.69) is 51.2 Å². The van der Waals surface area contributed by atoms with Crippen molar-refractivity contribution in [3.05, 3.63) is 95.1 Å². The molecule has 4 heteroatoms. The molecule has 0 radical (unpaired) electrons. The molecule has 1 saturated heterocycles. The third-order valence-electron chi connectivity index (χ3n) is 6.60. The van der Waals surface area contributed by atoms with E-state index in [0.29, 0.717) is 41.4 Å². The molecule has 35 heavy (non-hydrogen) atoms. The van der Waals surface area contributed by atoms with Gasteiger partial charge in [0.15, 0.2) is 5.78 Å². The van der Waals surface area contributed by atoms with Crippen LogP contribution in [-0.4, -0.2) is 16.9 Å². The van der Waals surface area contributed by atoms with Gasteiger partial charge in [-0.25, -0.2) is 0 Å². The van der Waals surface area contributed by atoms with Crippen molar-refractivity contribution < 1.29 is 9.53 Å². The van der Waals surface area contributed by atoms with Gasteiger partial charge in [-0.2, -0.15) is 5.26 Å². The minimum atomic E-state index is 0.0109. The zero-order chi connectivity index (χ0) is 25.1. The molecule has 1 heterocycles. The lowest BCUT2D eigenvalue weighted by atomic mass is 9.74. The van der Waals surface area contributed by atoms with Crippen LogP contribution in [0.15, 0.2) is 72.8 Å². The second-order valence-corrected chi connectivity index (χ2v) is 11.0. The van der Waals surface area contributed by atoms with Crippen molar-refractivity contribution in [2.45, 2.75) is 64.5 Å². The maximum Gasteiger partial charge on any atom is 0.163 e. The summed E-state index contributed by atoms with van der Waals surface area (Å²) in [5.74, 6) is 1.69. The molecule has 180 valence electrons. The fourth-order valence-corrected chi connectivity index (χ4v) is 5.63. The minimum absolute atomic E-state index is 0.0109. The van der Waals surface area contributed by atoms with E-state index in [0.717, 1.165) is 24.0 Å². The molecule has 1 fully saturated rings. The smallest absolute Gasteiger partial charge is 0.163 e. The Morgan fingerprint density at radius 1 is 0.943 bits per heavy atom. The zero-order valence-corrected chi connectivity index (χ0v) is 21.1. The Labute approximate surface area is 209 Å². The highest BCUT2D eigenvalue weighted by Gasteiger charge is 2.38. The molecule has 4 rings (SSSR count). The second kappa shape index (κ2) is 10.1. The summed E-state index contributed by atoms with van der Waals surface area (Å²) in [4.78, 5) is 13.4. The first-order valence-electron chi connectivity index (χ1n) is 12.3. The summed E-state index contributed by atoms with van der Waals surface area (Å²) in [5, 5.41) is 13.2. The van der Waals surface area contributed by atoms with Gasteiger partial charge in [-0.15, -0.1) is 0 Å². The topological polar surface area (TPSA) is 62.1 Å². The fraction of sp³-hybridized carbons (Fsp3) is 0.355. The van der Waals surface area contributed by atoms with Crippen LogP contribution in [0.3, 0.4) is 0 Å². The van der Waals surface area contributed by atoms with Gasteiger partial charge in [-0.05, 0) is 87.9 Å². The van der Waals surface area contributed by atoms with Gasteiger partial charge < -0.3 is 10.1 Å². The molecule has 1 aliphatic rings. The van der Waals surface area contributed by atoms with Crippen LogP contribution >= 0.6 is 0 Å². The van der Waals surface area contributed by atoms with Crippen LogP contribution in [-0.2, 0) is 6.42 Å². The van der Waals surface area contributed by atoms with Crippen molar-refractivity contribution in [2.24, 2.45) is 5.92 Å². The van der Waals surface area contributed by atoms with Crippen LogP contribution in [0.4, 0.5) is 0 Å². The first-order chi connectivity index (χ1) is 16.6. The van der Waals surface area contributed by atoms with Crippen molar-refractivity contribution in [3.63, 3.8) is 0 Å². The molecule has 0 bridgehead atoms. The van der Waals surface area contributed by atoms with Gasteiger partial charge in [-0.1, -0.05) is 42.5 Å². The molecule has 0 saturated carbocycles. The molecule has 1 aliphatic heterocycles. The third kappa shape index (κ3) is 6.38. The lowest BCUT2D eigenvalue weighted by Crippen LogP contribution is -2.57. The Bertz CT molecular complexity index is 1220. The van der Waals surface area contributed by atoms with E-state index in [1.165, 1.54) is 0 Å². The maximum atomic E-state index is 13.4. The normalized spacial score (nSPS) is 16.9. The van der Waals surface area contributed by atoms with Gasteiger partial charge in [0.25, 0.3) is 0 Å². The number of nitrogens with one attached hydrogen (secondary N) is 1. The number of hydrogen-bond donors (Lipinski definition) is 1. The number of carbonyl (C=O) groups excluding carboxylic acids is 1. The predicted molar refractivity (Wildman–Crippen MR) is 140 cm³/mol. The first kappa shape index (κ1) is 24.7. The summed E-state index contributed by atoms with van der Waals surface area (Å²) in [5.41, 5.74) is 3.28. The summed E-state index contributed by atoms with van der Waals surface area (Å²) in [6.45, 7) is 8.87. The molecule has 0 amide bonds. The highest BCUT2D eigenvalue weighted by Crippen LogP contribution is 2.36. The number of carbonyl (C=O) groups is 1. The van der Waals surface area contributed by atoms with Crippen LogP contribution in [0.25, 0.3) is 0 Å². The Morgan fingerprint density at radius 3 is 2.29 bits per heavy atom. The quantitative estimate of drug-likeness (QED) is 0.378. The highest BCUT2D eigenvalue weighted by molar-refractivity contribution is 5.96. The number of hydrogen-bond acceptors (Lipinski definition) is 4. The van der Waals surface area contributed by atoms with Gasteiger partial charge in [0.2, 0.25) is 0 Å². The van der Waals surface area contributed by atoms with Crippen molar-refractivity contribution in [1.82, 2.24) is 5.32 Å². The average molecular weight is 467 g/mol. The molecule has 0 aliphatic carbocycles. The fourth-order valence-electron chi connectivity index (χ4n) is 5.63.